The molecule has 0 saturated heterocycles. The minimum absolute atomic E-state index is 0.287. The summed E-state index contributed by atoms with van der Waals surface area (Å²) in [7, 11) is 2.20. The predicted octanol–water partition coefficient (Wildman–Crippen LogP) is 4.12. The van der Waals surface area contributed by atoms with Gasteiger partial charge in [0.15, 0.2) is 0 Å². The van der Waals surface area contributed by atoms with E-state index >= 15 is 0 Å². The van der Waals surface area contributed by atoms with Crippen molar-refractivity contribution in [2.75, 3.05) is 11.9 Å². The van der Waals surface area contributed by atoms with E-state index in [1.807, 2.05) is 0 Å². The van der Waals surface area contributed by atoms with Crippen LogP contribution in [0.25, 0.3) is 0 Å². The van der Waals surface area contributed by atoms with E-state index in [0.29, 0.717) is 6.04 Å². The molecule has 112 valence electrons. The van der Waals surface area contributed by atoms with Crippen molar-refractivity contribution in [3.05, 3.63) is 29.3 Å². The largest absolute Gasteiger partial charge is 0.371 e. The van der Waals surface area contributed by atoms with Gasteiger partial charge in [0.25, 0.3) is 0 Å². The van der Waals surface area contributed by atoms with E-state index in [1.165, 1.54) is 29.7 Å². The molecule has 1 aliphatic rings. The molecule has 1 atom stereocenters. The van der Waals surface area contributed by atoms with Crippen LogP contribution in [-0.2, 0) is 6.54 Å². The molecule has 1 aromatic rings. The van der Waals surface area contributed by atoms with Gasteiger partial charge in [0, 0.05) is 31.4 Å². The van der Waals surface area contributed by atoms with Crippen molar-refractivity contribution in [3.63, 3.8) is 0 Å². The standard InChI is InChI=1S/C18H30N2/c1-13-11-17(20(6)14(2)18(3,4)5)10-7-15(13)12-19-16-8-9-16/h7,10-11,14,16,19H,8-9,12H2,1-6H3. The molecule has 0 heterocycles. The average molecular weight is 274 g/mol. The fourth-order valence-electron chi connectivity index (χ4n) is 2.44. The molecule has 0 bridgehead atoms. The summed E-state index contributed by atoms with van der Waals surface area (Å²) in [5.74, 6) is 0. The van der Waals surface area contributed by atoms with E-state index in [1.54, 1.807) is 0 Å². The highest BCUT2D eigenvalue weighted by molar-refractivity contribution is 5.51. The third kappa shape index (κ3) is 3.76. The van der Waals surface area contributed by atoms with Gasteiger partial charge in [-0.1, -0.05) is 26.8 Å². The number of anilines is 1. The highest BCUT2D eigenvalue weighted by Gasteiger charge is 2.24. The molecule has 0 radical (unpaired) electrons. The van der Waals surface area contributed by atoms with Crippen LogP contribution in [0.2, 0.25) is 0 Å². The Balaban J connectivity index is 2.07. The van der Waals surface area contributed by atoms with E-state index < -0.39 is 0 Å². The van der Waals surface area contributed by atoms with Crippen molar-refractivity contribution in [3.8, 4) is 0 Å². The van der Waals surface area contributed by atoms with Gasteiger partial charge in [-0.05, 0) is 55.4 Å². The molecule has 1 saturated carbocycles. The predicted molar refractivity (Wildman–Crippen MR) is 88.4 cm³/mol. The Labute approximate surface area is 124 Å². The zero-order valence-electron chi connectivity index (χ0n) is 14.0. The third-order valence-electron chi connectivity index (χ3n) is 4.73. The van der Waals surface area contributed by atoms with Gasteiger partial charge in [0.1, 0.15) is 0 Å². The fraction of sp³-hybridized carbons (Fsp3) is 0.667. The van der Waals surface area contributed by atoms with Crippen LogP contribution in [0, 0.1) is 12.3 Å². The zero-order valence-corrected chi connectivity index (χ0v) is 14.0. The van der Waals surface area contributed by atoms with Gasteiger partial charge in [-0.3, -0.25) is 0 Å². The molecule has 1 fully saturated rings. The minimum atomic E-state index is 0.287. The maximum Gasteiger partial charge on any atom is 0.0369 e. The molecule has 0 amide bonds. The molecular formula is C18H30N2. The van der Waals surface area contributed by atoms with Crippen LogP contribution in [0.3, 0.4) is 0 Å². The topological polar surface area (TPSA) is 15.3 Å². The summed E-state index contributed by atoms with van der Waals surface area (Å²) in [5.41, 5.74) is 4.43. The lowest BCUT2D eigenvalue weighted by atomic mass is 9.87. The van der Waals surface area contributed by atoms with E-state index in [-0.39, 0.29) is 5.41 Å². The summed E-state index contributed by atoms with van der Waals surface area (Å²) in [5, 5.41) is 3.60. The van der Waals surface area contributed by atoms with Gasteiger partial charge in [-0.25, -0.2) is 0 Å². The Morgan fingerprint density at radius 3 is 2.45 bits per heavy atom. The van der Waals surface area contributed by atoms with Crippen LogP contribution in [0.4, 0.5) is 5.69 Å². The monoisotopic (exact) mass is 274 g/mol. The summed E-state index contributed by atoms with van der Waals surface area (Å²) >= 11 is 0. The number of hydrogen-bond donors (Lipinski definition) is 1. The quantitative estimate of drug-likeness (QED) is 0.869. The Kier molecular flexibility index (Phi) is 4.43. The smallest absolute Gasteiger partial charge is 0.0369 e. The van der Waals surface area contributed by atoms with E-state index in [4.69, 9.17) is 0 Å². The summed E-state index contributed by atoms with van der Waals surface area (Å²) in [6.07, 6.45) is 2.70. The molecule has 1 aliphatic carbocycles. The van der Waals surface area contributed by atoms with E-state index in [9.17, 15) is 0 Å². The third-order valence-corrected chi connectivity index (χ3v) is 4.73. The maximum atomic E-state index is 3.60. The van der Waals surface area contributed by atoms with Crippen LogP contribution in [-0.4, -0.2) is 19.1 Å². The summed E-state index contributed by atoms with van der Waals surface area (Å²) < 4.78 is 0. The van der Waals surface area contributed by atoms with Gasteiger partial charge in [0.05, 0.1) is 0 Å². The number of benzene rings is 1. The molecule has 1 unspecified atom stereocenters. The molecular weight excluding hydrogens is 244 g/mol. The van der Waals surface area contributed by atoms with Crippen molar-refractivity contribution in [2.24, 2.45) is 5.41 Å². The number of nitrogens with zero attached hydrogens (tertiary/aromatic N) is 1. The number of rotatable bonds is 5. The lowest BCUT2D eigenvalue weighted by Gasteiger charge is -2.37. The highest BCUT2D eigenvalue weighted by Crippen LogP contribution is 2.28. The molecule has 1 aromatic carbocycles. The minimum Gasteiger partial charge on any atom is -0.371 e. The molecule has 0 aromatic heterocycles. The number of nitrogens with one attached hydrogen (secondary N) is 1. The first kappa shape index (κ1) is 15.4. The second kappa shape index (κ2) is 5.77. The maximum absolute atomic E-state index is 3.60. The second-order valence-corrected chi connectivity index (χ2v) is 7.42. The normalized spacial score (nSPS) is 17.1. The number of hydrogen-bond acceptors (Lipinski definition) is 2. The van der Waals surface area contributed by atoms with Crippen molar-refractivity contribution in [1.82, 2.24) is 5.32 Å². The lowest BCUT2D eigenvalue weighted by molar-refractivity contribution is 0.329. The Hall–Kier alpha value is -1.02. The molecule has 2 heteroatoms. The van der Waals surface area contributed by atoms with Crippen LogP contribution in [0.1, 0.15) is 51.7 Å². The lowest BCUT2D eigenvalue weighted by Crippen LogP contribution is -2.39. The van der Waals surface area contributed by atoms with Gasteiger partial charge < -0.3 is 10.2 Å². The molecule has 1 N–H and O–H groups in total. The van der Waals surface area contributed by atoms with Gasteiger partial charge in [0.2, 0.25) is 0 Å². The first-order valence-electron chi connectivity index (χ1n) is 7.85. The van der Waals surface area contributed by atoms with Crippen LogP contribution in [0.5, 0.6) is 0 Å². The molecule has 2 nitrogen and oxygen atoms in total. The van der Waals surface area contributed by atoms with Gasteiger partial charge in [-0.2, -0.15) is 0 Å². The summed E-state index contributed by atoms with van der Waals surface area (Å²) in [6, 6.07) is 8.16. The molecule has 0 spiro atoms. The van der Waals surface area contributed by atoms with Crippen molar-refractivity contribution in [1.29, 1.82) is 0 Å². The summed E-state index contributed by atoms with van der Waals surface area (Å²) in [4.78, 5) is 2.39. The van der Waals surface area contributed by atoms with E-state index in [0.717, 1.165) is 12.6 Å². The Bertz CT molecular complexity index is 455. The fourth-order valence-corrected chi connectivity index (χ4v) is 2.44. The van der Waals surface area contributed by atoms with Gasteiger partial charge in [-0.15, -0.1) is 0 Å². The van der Waals surface area contributed by atoms with Gasteiger partial charge >= 0.3 is 0 Å². The van der Waals surface area contributed by atoms with E-state index in [2.05, 4.69) is 70.1 Å². The van der Waals surface area contributed by atoms with Crippen molar-refractivity contribution in [2.45, 2.75) is 66.1 Å². The van der Waals surface area contributed by atoms with Crippen molar-refractivity contribution < 1.29 is 0 Å². The van der Waals surface area contributed by atoms with Crippen LogP contribution in [0.15, 0.2) is 18.2 Å². The first-order valence-corrected chi connectivity index (χ1v) is 7.85. The first-order chi connectivity index (χ1) is 9.29. The SMILES string of the molecule is Cc1cc(N(C)C(C)C(C)(C)C)ccc1CNC1CC1. The van der Waals surface area contributed by atoms with Crippen LogP contribution >= 0.6 is 0 Å². The average Bonchev–Trinajstić information content (AvgIpc) is 3.18. The molecule has 0 aliphatic heterocycles. The summed E-state index contributed by atoms with van der Waals surface area (Å²) in [6.45, 7) is 12.4. The number of aryl methyl sites for hydroxylation is 1. The van der Waals surface area contributed by atoms with Crippen molar-refractivity contribution >= 4 is 5.69 Å². The molecule has 2 rings (SSSR count). The second-order valence-electron chi connectivity index (χ2n) is 7.42. The van der Waals surface area contributed by atoms with Crippen LogP contribution < -0.4 is 10.2 Å². The Morgan fingerprint density at radius 1 is 1.30 bits per heavy atom. The Morgan fingerprint density at radius 2 is 1.95 bits per heavy atom. The molecule has 20 heavy (non-hydrogen) atoms. The zero-order chi connectivity index (χ0) is 14.9. The highest BCUT2D eigenvalue weighted by atomic mass is 15.1.